The van der Waals surface area contributed by atoms with Gasteiger partial charge in [-0.2, -0.15) is 0 Å². The second-order valence-corrected chi connectivity index (χ2v) is 5.04. The maximum Gasteiger partial charge on any atom is 0.0460 e. The normalized spacial score (nSPS) is 11.1. The fourth-order valence-corrected chi connectivity index (χ4v) is 3.13. The van der Waals surface area contributed by atoms with Crippen LogP contribution in [-0.4, -0.2) is 11.5 Å². The summed E-state index contributed by atoms with van der Waals surface area (Å²) >= 11 is 1.79. The van der Waals surface area contributed by atoms with Crippen molar-refractivity contribution in [1.82, 2.24) is 4.98 Å². The van der Waals surface area contributed by atoms with Gasteiger partial charge in [-0.25, -0.2) is 0 Å². The lowest BCUT2D eigenvalue weighted by Gasteiger charge is -2.04. The van der Waals surface area contributed by atoms with Crippen LogP contribution in [-0.2, 0) is 6.42 Å². The summed E-state index contributed by atoms with van der Waals surface area (Å²) in [6.07, 6.45) is 2.94. The molecule has 86 valence electrons. The third kappa shape index (κ3) is 1.77. The number of hydrogen-bond donors (Lipinski definition) is 2. The van der Waals surface area contributed by atoms with E-state index in [9.17, 15) is 0 Å². The van der Waals surface area contributed by atoms with Crippen LogP contribution in [0.5, 0.6) is 0 Å². The molecule has 0 spiro atoms. The predicted molar refractivity (Wildman–Crippen MR) is 74.4 cm³/mol. The van der Waals surface area contributed by atoms with Gasteiger partial charge in [-0.1, -0.05) is 12.1 Å². The molecule has 0 saturated heterocycles. The Balaban J connectivity index is 2.20. The molecule has 0 atom stereocenters. The number of thiophene rings is 1. The third-order valence-electron chi connectivity index (χ3n) is 3.00. The highest BCUT2D eigenvalue weighted by Crippen LogP contribution is 2.33. The monoisotopic (exact) mass is 242 g/mol. The Morgan fingerprint density at radius 2 is 2.06 bits per heavy atom. The summed E-state index contributed by atoms with van der Waals surface area (Å²) in [7, 11) is 0. The number of H-pyrrole nitrogens is 1. The van der Waals surface area contributed by atoms with Crippen LogP contribution in [0.25, 0.3) is 22.0 Å². The van der Waals surface area contributed by atoms with Crippen LogP contribution < -0.4 is 5.73 Å². The SMILES string of the molecule is NCCc1sccc1-c1cccc2[nH]ccc12. The van der Waals surface area contributed by atoms with E-state index in [1.807, 2.05) is 6.20 Å². The Kier molecular flexibility index (Phi) is 2.71. The van der Waals surface area contributed by atoms with Crippen molar-refractivity contribution in [3.8, 4) is 11.1 Å². The van der Waals surface area contributed by atoms with Crippen LogP contribution in [0.4, 0.5) is 0 Å². The smallest absolute Gasteiger partial charge is 0.0460 e. The van der Waals surface area contributed by atoms with E-state index in [1.165, 1.54) is 26.9 Å². The lowest BCUT2D eigenvalue weighted by molar-refractivity contribution is 0.990. The van der Waals surface area contributed by atoms with E-state index in [4.69, 9.17) is 5.73 Å². The molecule has 0 aliphatic carbocycles. The van der Waals surface area contributed by atoms with Crippen LogP contribution in [0.3, 0.4) is 0 Å². The minimum Gasteiger partial charge on any atom is -0.361 e. The topological polar surface area (TPSA) is 41.8 Å². The molecule has 2 nitrogen and oxygen atoms in total. The van der Waals surface area contributed by atoms with Crippen LogP contribution in [0, 0.1) is 0 Å². The molecular weight excluding hydrogens is 228 g/mol. The molecule has 0 aliphatic rings. The minimum atomic E-state index is 0.705. The number of rotatable bonds is 3. The van der Waals surface area contributed by atoms with Gasteiger partial charge in [-0.15, -0.1) is 11.3 Å². The Morgan fingerprint density at radius 1 is 1.12 bits per heavy atom. The van der Waals surface area contributed by atoms with Crippen LogP contribution in [0.1, 0.15) is 4.88 Å². The second-order valence-electron chi connectivity index (χ2n) is 4.04. The van der Waals surface area contributed by atoms with Gasteiger partial charge in [0.25, 0.3) is 0 Å². The second kappa shape index (κ2) is 4.35. The number of nitrogens with two attached hydrogens (primary N) is 1. The predicted octanol–water partition coefficient (Wildman–Crippen LogP) is 3.40. The first-order chi connectivity index (χ1) is 8.40. The van der Waals surface area contributed by atoms with Crippen molar-refractivity contribution < 1.29 is 0 Å². The van der Waals surface area contributed by atoms with E-state index in [0.717, 1.165) is 6.42 Å². The van der Waals surface area contributed by atoms with Gasteiger partial charge in [0, 0.05) is 22.0 Å². The largest absolute Gasteiger partial charge is 0.361 e. The van der Waals surface area contributed by atoms with E-state index < -0.39 is 0 Å². The highest BCUT2D eigenvalue weighted by Gasteiger charge is 2.09. The molecule has 0 unspecified atom stereocenters. The van der Waals surface area contributed by atoms with Crippen molar-refractivity contribution in [2.45, 2.75) is 6.42 Å². The molecule has 0 amide bonds. The third-order valence-corrected chi connectivity index (χ3v) is 3.98. The number of fused-ring (bicyclic) bond motifs is 1. The summed E-state index contributed by atoms with van der Waals surface area (Å²) < 4.78 is 0. The highest BCUT2D eigenvalue weighted by atomic mass is 32.1. The lowest BCUT2D eigenvalue weighted by atomic mass is 10.0. The van der Waals surface area contributed by atoms with Gasteiger partial charge in [0.15, 0.2) is 0 Å². The van der Waals surface area contributed by atoms with Gasteiger partial charge in [0.1, 0.15) is 0 Å². The van der Waals surface area contributed by atoms with Gasteiger partial charge in [-0.05, 0) is 47.7 Å². The zero-order valence-electron chi connectivity index (χ0n) is 9.44. The van der Waals surface area contributed by atoms with Gasteiger partial charge >= 0.3 is 0 Å². The number of benzene rings is 1. The van der Waals surface area contributed by atoms with Crippen molar-refractivity contribution in [3.05, 3.63) is 46.8 Å². The fourth-order valence-electron chi connectivity index (χ4n) is 2.23. The van der Waals surface area contributed by atoms with E-state index in [2.05, 4.69) is 40.7 Å². The van der Waals surface area contributed by atoms with E-state index in [0.29, 0.717) is 6.54 Å². The molecule has 0 saturated carbocycles. The first-order valence-electron chi connectivity index (χ1n) is 5.73. The summed E-state index contributed by atoms with van der Waals surface area (Å²) in [5.41, 5.74) is 9.47. The number of aromatic amines is 1. The summed E-state index contributed by atoms with van der Waals surface area (Å²) in [6, 6.07) is 10.7. The van der Waals surface area contributed by atoms with Crippen molar-refractivity contribution in [2.75, 3.05) is 6.54 Å². The zero-order valence-corrected chi connectivity index (χ0v) is 10.3. The first-order valence-corrected chi connectivity index (χ1v) is 6.61. The average molecular weight is 242 g/mol. The summed E-state index contributed by atoms with van der Waals surface area (Å²) in [6.45, 7) is 0.705. The summed E-state index contributed by atoms with van der Waals surface area (Å²) in [4.78, 5) is 4.63. The van der Waals surface area contributed by atoms with Crippen molar-refractivity contribution in [1.29, 1.82) is 0 Å². The molecule has 0 aliphatic heterocycles. The average Bonchev–Trinajstić information content (AvgIpc) is 2.96. The molecule has 1 aromatic carbocycles. The molecule has 17 heavy (non-hydrogen) atoms. The van der Waals surface area contributed by atoms with Gasteiger partial charge in [0.05, 0.1) is 0 Å². The number of hydrogen-bond acceptors (Lipinski definition) is 2. The van der Waals surface area contributed by atoms with Crippen molar-refractivity contribution in [2.24, 2.45) is 5.73 Å². The number of aromatic nitrogens is 1. The zero-order chi connectivity index (χ0) is 11.7. The summed E-state index contributed by atoms with van der Waals surface area (Å²) in [5, 5.41) is 3.43. The van der Waals surface area contributed by atoms with Crippen LogP contribution in [0.15, 0.2) is 41.9 Å². The van der Waals surface area contributed by atoms with Crippen LogP contribution in [0.2, 0.25) is 0 Å². The molecule has 0 fully saturated rings. The molecule has 2 heterocycles. The Bertz CT molecular complexity index is 636. The fraction of sp³-hybridized carbons (Fsp3) is 0.143. The molecule has 3 rings (SSSR count). The molecular formula is C14H14N2S. The minimum absolute atomic E-state index is 0.705. The molecule has 3 heteroatoms. The molecule has 3 aromatic rings. The van der Waals surface area contributed by atoms with Gasteiger partial charge < -0.3 is 10.7 Å². The lowest BCUT2D eigenvalue weighted by Crippen LogP contribution is -2.01. The molecule has 2 aromatic heterocycles. The van der Waals surface area contributed by atoms with E-state index in [-0.39, 0.29) is 0 Å². The highest BCUT2D eigenvalue weighted by molar-refractivity contribution is 7.10. The standard InChI is InChI=1S/C14H14N2S/c15-7-4-14-12(6-9-17-14)10-2-1-3-13-11(10)5-8-16-13/h1-3,5-6,8-9,16H,4,7,15H2. The maximum absolute atomic E-state index is 5.66. The van der Waals surface area contributed by atoms with Gasteiger partial charge in [0.2, 0.25) is 0 Å². The van der Waals surface area contributed by atoms with E-state index >= 15 is 0 Å². The summed E-state index contributed by atoms with van der Waals surface area (Å²) in [5.74, 6) is 0. The molecule has 0 radical (unpaired) electrons. The van der Waals surface area contributed by atoms with Crippen LogP contribution >= 0.6 is 11.3 Å². The molecule has 3 N–H and O–H groups in total. The van der Waals surface area contributed by atoms with Gasteiger partial charge in [-0.3, -0.25) is 0 Å². The van der Waals surface area contributed by atoms with Crippen molar-refractivity contribution >= 4 is 22.2 Å². The maximum atomic E-state index is 5.66. The van der Waals surface area contributed by atoms with E-state index in [1.54, 1.807) is 11.3 Å². The molecule has 0 bridgehead atoms. The Labute approximate surface area is 104 Å². The quantitative estimate of drug-likeness (QED) is 0.726. The van der Waals surface area contributed by atoms with Crippen molar-refractivity contribution in [3.63, 3.8) is 0 Å². The Morgan fingerprint density at radius 3 is 2.94 bits per heavy atom. The number of nitrogens with one attached hydrogen (secondary N) is 1. The first kappa shape index (κ1) is 10.6. The Hall–Kier alpha value is -1.58.